The fraction of sp³-hybridized carbons (Fsp3) is 0.718. The molecule has 2 unspecified atom stereocenters. The number of nitrogens with one attached hydrogen (secondary N) is 1. The molecule has 3 rings (SSSR count). The van der Waals surface area contributed by atoms with E-state index in [2.05, 4.69) is 112 Å². The smallest absolute Gasteiger partial charge is 0.305 e. The van der Waals surface area contributed by atoms with Crippen molar-refractivity contribution in [2.75, 3.05) is 70.1 Å². The third kappa shape index (κ3) is 65.5. The fourth-order valence-electron chi connectivity index (χ4n) is 11.4. The molecule has 0 spiro atoms. The summed E-state index contributed by atoms with van der Waals surface area (Å²) in [5.41, 5.74) is 2.55. The Labute approximate surface area is 627 Å². The van der Waals surface area contributed by atoms with Crippen LogP contribution in [-0.4, -0.2) is 110 Å². The number of H-pyrrole nitrogens is 1. The zero-order valence-electron chi connectivity index (χ0n) is 62.7. The first-order valence-electron chi connectivity index (χ1n) is 40.2. The Morgan fingerprint density at radius 3 is 1.05 bits per heavy atom. The van der Waals surface area contributed by atoms with Crippen LogP contribution in [0.15, 0.2) is 127 Å². The van der Waals surface area contributed by atoms with E-state index in [1.165, 1.54) is 134 Å². The Morgan fingerprint density at radius 2 is 0.690 bits per heavy atom. The van der Waals surface area contributed by atoms with E-state index in [4.69, 9.17) is 28.4 Å². The molecule has 0 bridgehead atoms. The molecule has 1 N–H and O–H groups in total. The summed E-state index contributed by atoms with van der Waals surface area (Å²) in [4.78, 5) is 36.1. The quantitative estimate of drug-likeness (QED) is 0.103. The molecule has 0 fully saturated rings. The van der Waals surface area contributed by atoms with Gasteiger partial charge >= 0.3 is 11.9 Å². The molecule has 1 aromatic rings. The highest BCUT2D eigenvalue weighted by Crippen LogP contribution is 2.29. The lowest BCUT2D eigenvalue weighted by Gasteiger charge is -2.18. The molecule has 0 amide bonds. The number of aromatic amines is 1. The molecule has 1 aromatic heterocycles. The van der Waals surface area contributed by atoms with Crippen molar-refractivity contribution < 1.29 is 38.0 Å². The van der Waals surface area contributed by atoms with Crippen molar-refractivity contribution in [1.29, 1.82) is 0 Å². The number of esters is 2. The molecule has 0 aromatic carbocycles. The second-order valence-electron chi connectivity index (χ2n) is 26.9. The van der Waals surface area contributed by atoms with Crippen LogP contribution in [0.25, 0.3) is 0 Å². The van der Waals surface area contributed by atoms with Crippen molar-refractivity contribution in [1.82, 2.24) is 9.97 Å². The van der Waals surface area contributed by atoms with E-state index in [-0.39, 0.29) is 24.1 Å². The maximum atomic E-state index is 12.3. The molecule has 2 atom stereocenters. The number of carbonyl (C=O) groups excluding carboxylic acids is 2. The fourth-order valence-corrected chi connectivity index (χ4v) is 15.9. The first-order chi connectivity index (χ1) is 49.7. The highest BCUT2D eigenvalue weighted by Gasteiger charge is 2.14. The minimum absolute atomic E-state index is 0.0539. The largest absolute Gasteiger partial charge is 0.466 e. The molecule has 0 aliphatic carbocycles. The number of allylic oxidation sites excluding steroid dienone is 16. The van der Waals surface area contributed by atoms with Crippen LogP contribution >= 0.6 is 43.2 Å². The summed E-state index contributed by atoms with van der Waals surface area (Å²) in [5, 5.41) is 0. The number of carbonyl (C=O) groups is 2. The van der Waals surface area contributed by atoms with E-state index < -0.39 is 0 Å². The van der Waals surface area contributed by atoms with Gasteiger partial charge in [-0.25, -0.2) is 4.98 Å². The molecule has 0 saturated heterocycles. The Morgan fingerprint density at radius 1 is 0.360 bits per heavy atom. The van der Waals surface area contributed by atoms with Crippen LogP contribution in [0.4, 0.5) is 0 Å². The van der Waals surface area contributed by atoms with Gasteiger partial charge in [-0.3, -0.25) is 14.6 Å². The minimum atomic E-state index is -0.0541. The Hall–Kier alpha value is -3.28. The number of hydrogen-bond acceptors (Lipinski definition) is 14. The van der Waals surface area contributed by atoms with Crippen LogP contribution in [0, 0.1) is 0 Å². The van der Waals surface area contributed by atoms with E-state index >= 15 is 0 Å². The van der Waals surface area contributed by atoms with Crippen LogP contribution in [0.3, 0.4) is 0 Å². The zero-order valence-corrected chi connectivity index (χ0v) is 66.0. The van der Waals surface area contributed by atoms with Crippen LogP contribution in [0.5, 0.6) is 0 Å². The van der Waals surface area contributed by atoms with Gasteiger partial charge in [-0.2, -0.15) is 0 Å². The number of nitrogens with zero attached hydrogens (tertiary/aromatic N) is 2. The van der Waals surface area contributed by atoms with Gasteiger partial charge in [0.1, 0.15) is 0 Å². The molecule has 0 saturated carbocycles. The van der Waals surface area contributed by atoms with Crippen molar-refractivity contribution in [3.05, 3.63) is 127 Å². The number of rotatable bonds is 10. The van der Waals surface area contributed by atoms with Gasteiger partial charge < -0.3 is 33.4 Å². The first-order valence-corrected chi connectivity index (χ1v) is 45.2. The second kappa shape index (κ2) is 75.4. The number of aromatic nitrogens is 2. The third-order valence-electron chi connectivity index (χ3n) is 17.5. The SMILES string of the molecule is O=C1CCCCC=CCC=CCCCCCCCCOC(CSSCC2=CN=CC2)COCCCCCCCCC=CCC=CCCCCOC(=O)CCCCC=CCC=CCCCCCCCCOC(CSSCc2cnc[nH]2)COCCCCCCCCC=CCC=CCCCCO1. The molecule has 15 heteroatoms. The van der Waals surface area contributed by atoms with Gasteiger partial charge in [0.25, 0.3) is 0 Å². The maximum Gasteiger partial charge on any atom is 0.305 e. The van der Waals surface area contributed by atoms with Crippen LogP contribution < -0.4 is 0 Å². The maximum absolute atomic E-state index is 12.3. The second-order valence-corrected chi connectivity index (χ2v) is 31.9. The number of imidazole rings is 1. The van der Waals surface area contributed by atoms with Crippen molar-refractivity contribution in [2.24, 2.45) is 4.99 Å². The topological polar surface area (TPSA) is 131 Å². The lowest BCUT2D eigenvalue weighted by Crippen LogP contribution is -2.23. The van der Waals surface area contributed by atoms with Gasteiger partial charge in [0.05, 0.1) is 45.0 Å². The predicted molar refractivity (Wildman–Crippen MR) is 437 cm³/mol. The lowest BCUT2D eigenvalue weighted by atomic mass is 10.1. The standard InChI is InChI=1S/C85H141N3O8S4/c89-84-61-53-45-37-29-21-13-5-1-9-17-25-33-41-49-57-67-93-82(77-99-97-75-80-63-64-86-71-80)73-91-65-55-47-39-31-23-15-7-3-11-19-27-35-43-51-59-69-95-85(90)62-54-46-38-30-22-14-6-2-10-18-26-34-42-50-58-68-94-83(78-100-98-76-81-72-87-79-88-81)74-92-66-56-48-40-32-24-16-8-4-12-20-28-36-44-52-60-70-96-84/h1-6,11-12,21-22,27-30,35-36,64,71-72,79,82-83H,7-10,13-20,23-26,31-34,37-63,65-70,73-78H2,(H,87,88). The summed E-state index contributed by atoms with van der Waals surface area (Å²) in [6.07, 6.45) is 96.8. The lowest BCUT2D eigenvalue weighted by molar-refractivity contribution is -0.144. The van der Waals surface area contributed by atoms with E-state index in [0.717, 1.165) is 216 Å². The number of ether oxygens (including phenoxy) is 6. The Balaban J connectivity index is 1.27. The van der Waals surface area contributed by atoms with Crippen molar-refractivity contribution in [3.8, 4) is 0 Å². The molecular formula is C85H141N3O8S4. The number of hydrogen-bond donors (Lipinski definition) is 1. The molecule has 3 heterocycles. The van der Waals surface area contributed by atoms with E-state index in [1.807, 2.05) is 61.8 Å². The number of cyclic esters (lactones) is 2. The van der Waals surface area contributed by atoms with Crippen LogP contribution in [0.1, 0.15) is 307 Å². The Bertz CT molecular complexity index is 2280. The molecule has 568 valence electrons. The van der Waals surface area contributed by atoms with Crippen molar-refractivity contribution in [3.63, 3.8) is 0 Å². The Kier molecular flexibility index (Phi) is 68.6. The van der Waals surface area contributed by atoms with E-state index in [1.54, 1.807) is 6.33 Å². The van der Waals surface area contributed by atoms with Gasteiger partial charge in [-0.1, -0.05) is 243 Å². The van der Waals surface area contributed by atoms with Crippen molar-refractivity contribution in [2.45, 2.75) is 320 Å². The van der Waals surface area contributed by atoms with Crippen LogP contribution in [0.2, 0.25) is 0 Å². The van der Waals surface area contributed by atoms with E-state index in [0.29, 0.717) is 39.3 Å². The zero-order chi connectivity index (χ0) is 70.5. The molecule has 2 aliphatic rings. The van der Waals surface area contributed by atoms with E-state index in [9.17, 15) is 9.59 Å². The molecule has 0 radical (unpaired) electrons. The summed E-state index contributed by atoms with van der Waals surface area (Å²) in [6, 6.07) is 0. The normalized spacial score (nSPS) is 22.3. The highest BCUT2D eigenvalue weighted by molar-refractivity contribution is 8.76. The van der Waals surface area contributed by atoms with Gasteiger partial charge in [0.15, 0.2) is 0 Å². The summed E-state index contributed by atoms with van der Waals surface area (Å²) in [5.74, 6) is 3.71. The van der Waals surface area contributed by atoms with Gasteiger partial charge in [-0.15, -0.1) is 0 Å². The summed E-state index contributed by atoms with van der Waals surface area (Å²) < 4.78 is 36.2. The highest BCUT2D eigenvalue weighted by atomic mass is 33.1. The minimum Gasteiger partial charge on any atom is -0.466 e. The van der Waals surface area contributed by atoms with Crippen LogP contribution in [-0.2, 0) is 43.8 Å². The predicted octanol–water partition coefficient (Wildman–Crippen LogP) is 25.3. The monoisotopic (exact) mass is 1460 g/mol. The summed E-state index contributed by atoms with van der Waals surface area (Å²) in [6.45, 7) is 5.67. The molecule has 11 nitrogen and oxygen atoms in total. The molecule has 100 heavy (non-hydrogen) atoms. The van der Waals surface area contributed by atoms with Crippen molar-refractivity contribution >= 4 is 61.3 Å². The average molecular weight is 1460 g/mol. The summed E-state index contributed by atoms with van der Waals surface area (Å²) >= 11 is 0. The van der Waals surface area contributed by atoms with Gasteiger partial charge in [0.2, 0.25) is 0 Å². The summed E-state index contributed by atoms with van der Waals surface area (Å²) in [7, 11) is 7.54. The third-order valence-corrected chi connectivity index (χ3v) is 22.3. The van der Waals surface area contributed by atoms with Gasteiger partial charge in [0, 0.05) is 93.0 Å². The number of aliphatic imine (C=N–C) groups is 1. The average Bonchev–Trinajstić information content (AvgIpc) is 2.97. The van der Waals surface area contributed by atoms with Gasteiger partial charge in [-0.05, 0) is 185 Å². The first kappa shape index (κ1) is 90.9. The molecule has 2 aliphatic heterocycles. The molecular weight excluding hydrogens is 1320 g/mol.